The second-order valence-electron chi connectivity index (χ2n) is 3.99. The standard InChI is InChI=1S/C11H18N2O2S/c1-4-9-5-6-10(7-11(9)12)16(14,15)13-8(2)3/h5-8,13H,4,12H2,1-3H3. The molecule has 3 N–H and O–H groups in total. The highest BCUT2D eigenvalue weighted by Crippen LogP contribution is 2.18. The Bertz CT molecular complexity index is 467. The number of nitrogen functional groups attached to an aromatic ring is 1. The van der Waals surface area contributed by atoms with Crippen LogP contribution in [0.25, 0.3) is 0 Å². The second kappa shape index (κ2) is 4.84. The lowest BCUT2D eigenvalue weighted by atomic mass is 10.1. The van der Waals surface area contributed by atoms with Crippen LogP contribution in [0.5, 0.6) is 0 Å². The molecular formula is C11H18N2O2S. The van der Waals surface area contributed by atoms with Crippen molar-refractivity contribution in [3.8, 4) is 0 Å². The zero-order chi connectivity index (χ0) is 12.3. The van der Waals surface area contributed by atoms with Gasteiger partial charge in [0.15, 0.2) is 0 Å². The summed E-state index contributed by atoms with van der Waals surface area (Å²) in [6.07, 6.45) is 0.795. The molecule has 5 heteroatoms. The van der Waals surface area contributed by atoms with Crippen molar-refractivity contribution < 1.29 is 8.42 Å². The van der Waals surface area contributed by atoms with Gasteiger partial charge in [-0.1, -0.05) is 13.0 Å². The van der Waals surface area contributed by atoms with Gasteiger partial charge in [0, 0.05) is 11.7 Å². The van der Waals surface area contributed by atoms with Gasteiger partial charge in [0.2, 0.25) is 10.0 Å². The molecule has 0 radical (unpaired) electrons. The van der Waals surface area contributed by atoms with E-state index in [-0.39, 0.29) is 10.9 Å². The molecule has 0 spiro atoms. The van der Waals surface area contributed by atoms with Crippen molar-refractivity contribution in [3.63, 3.8) is 0 Å². The highest BCUT2D eigenvalue weighted by atomic mass is 32.2. The first-order chi connectivity index (χ1) is 7.36. The van der Waals surface area contributed by atoms with E-state index in [0.717, 1.165) is 12.0 Å². The van der Waals surface area contributed by atoms with Gasteiger partial charge in [-0.2, -0.15) is 0 Å². The van der Waals surface area contributed by atoms with Crippen molar-refractivity contribution in [3.05, 3.63) is 23.8 Å². The molecule has 0 amide bonds. The van der Waals surface area contributed by atoms with E-state index >= 15 is 0 Å². The molecule has 0 aliphatic heterocycles. The summed E-state index contributed by atoms with van der Waals surface area (Å²) in [6.45, 7) is 5.54. The van der Waals surface area contributed by atoms with Gasteiger partial charge in [-0.25, -0.2) is 13.1 Å². The molecule has 0 aliphatic rings. The second-order valence-corrected chi connectivity index (χ2v) is 5.70. The normalized spacial score (nSPS) is 12.0. The van der Waals surface area contributed by atoms with Gasteiger partial charge in [0.25, 0.3) is 0 Å². The number of sulfonamides is 1. The highest BCUT2D eigenvalue weighted by molar-refractivity contribution is 7.89. The minimum absolute atomic E-state index is 0.128. The Morgan fingerprint density at radius 2 is 2.00 bits per heavy atom. The molecule has 4 nitrogen and oxygen atoms in total. The Morgan fingerprint density at radius 3 is 2.44 bits per heavy atom. The summed E-state index contributed by atoms with van der Waals surface area (Å²) in [5, 5.41) is 0. The molecule has 0 atom stereocenters. The van der Waals surface area contributed by atoms with Crippen molar-refractivity contribution >= 4 is 15.7 Å². The predicted molar refractivity (Wildman–Crippen MR) is 65.7 cm³/mol. The van der Waals surface area contributed by atoms with Crippen LogP contribution in [0.1, 0.15) is 26.3 Å². The Hall–Kier alpha value is -1.07. The van der Waals surface area contributed by atoms with Crippen molar-refractivity contribution in [2.75, 3.05) is 5.73 Å². The zero-order valence-corrected chi connectivity index (χ0v) is 10.6. The molecule has 90 valence electrons. The van der Waals surface area contributed by atoms with E-state index in [4.69, 9.17) is 5.73 Å². The van der Waals surface area contributed by atoms with E-state index in [9.17, 15) is 8.42 Å². The number of anilines is 1. The first-order valence-corrected chi connectivity index (χ1v) is 6.76. The van der Waals surface area contributed by atoms with Gasteiger partial charge in [0.1, 0.15) is 0 Å². The molecule has 0 saturated heterocycles. The smallest absolute Gasteiger partial charge is 0.240 e. The summed E-state index contributed by atoms with van der Waals surface area (Å²) < 4.78 is 26.2. The van der Waals surface area contributed by atoms with E-state index in [1.807, 2.05) is 6.92 Å². The van der Waals surface area contributed by atoms with Gasteiger partial charge < -0.3 is 5.73 Å². The quantitative estimate of drug-likeness (QED) is 0.786. The Labute approximate surface area is 96.9 Å². The number of benzene rings is 1. The lowest BCUT2D eigenvalue weighted by Gasteiger charge is -2.11. The first kappa shape index (κ1) is 13.0. The maximum Gasteiger partial charge on any atom is 0.240 e. The summed E-state index contributed by atoms with van der Waals surface area (Å²) in [5.41, 5.74) is 7.25. The first-order valence-electron chi connectivity index (χ1n) is 5.27. The van der Waals surface area contributed by atoms with Crippen LogP contribution in [-0.4, -0.2) is 14.5 Å². The molecule has 1 aromatic carbocycles. The van der Waals surface area contributed by atoms with Crippen molar-refractivity contribution in [1.29, 1.82) is 0 Å². The third-order valence-electron chi connectivity index (χ3n) is 2.20. The van der Waals surface area contributed by atoms with Crippen LogP contribution < -0.4 is 10.5 Å². The monoisotopic (exact) mass is 242 g/mol. The minimum atomic E-state index is -3.44. The van der Waals surface area contributed by atoms with E-state index in [1.165, 1.54) is 6.07 Å². The number of hydrogen-bond acceptors (Lipinski definition) is 3. The summed E-state index contributed by atoms with van der Waals surface area (Å²) in [6, 6.07) is 4.71. The van der Waals surface area contributed by atoms with Crippen molar-refractivity contribution in [2.45, 2.75) is 38.1 Å². The zero-order valence-electron chi connectivity index (χ0n) is 9.82. The topological polar surface area (TPSA) is 72.2 Å². The summed E-state index contributed by atoms with van der Waals surface area (Å²) in [5.74, 6) is 0. The number of hydrogen-bond donors (Lipinski definition) is 2. The number of aryl methyl sites for hydroxylation is 1. The SMILES string of the molecule is CCc1ccc(S(=O)(=O)NC(C)C)cc1N. The van der Waals surface area contributed by atoms with E-state index < -0.39 is 10.0 Å². The molecule has 0 unspecified atom stereocenters. The molecule has 0 heterocycles. The van der Waals surface area contributed by atoms with Crippen LogP contribution in [0.4, 0.5) is 5.69 Å². The summed E-state index contributed by atoms with van der Waals surface area (Å²) in [7, 11) is -3.44. The fourth-order valence-corrected chi connectivity index (χ4v) is 2.73. The average Bonchev–Trinajstić information content (AvgIpc) is 2.15. The third kappa shape index (κ3) is 2.96. The van der Waals surface area contributed by atoms with Crippen molar-refractivity contribution in [1.82, 2.24) is 4.72 Å². The minimum Gasteiger partial charge on any atom is -0.398 e. The Kier molecular flexibility index (Phi) is 3.93. The number of nitrogens with one attached hydrogen (secondary N) is 1. The van der Waals surface area contributed by atoms with Gasteiger partial charge in [-0.3, -0.25) is 0 Å². The molecule has 16 heavy (non-hydrogen) atoms. The molecule has 1 rings (SSSR count). The average molecular weight is 242 g/mol. The summed E-state index contributed by atoms with van der Waals surface area (Å²) in [4.78, 5) is 0.218. The third-order valence-corrected chi connectivity index (χ3v) is 3.86. The Balaban J connectivity index is 3.10. The lowest BCUT2D eigenvalue weighted by molar-refractivity contribution is 0.570. The molecule has 0 saturated carbocycles. The van der Waals surface area contributed by atoms with Gasteiger partial charge in [-0.05, 0) is 38.0 Å². The predicted octanol–water partition coefficient (Wildman–Crippen LogP) is 1.52. The van der Waals surface area contributed by atoms with E-state index in [1.54, 1.807) is 26.0 Å². The van der Waals surface area contributed by atoms with Gasteiger partial charge in [0.05, 0.1) is 4.90 Å². The van der Waals surface area contributed by atoms with Crippen LogP contribution in [0.3, 0.4) is 0 Å². The fraction of sp³-hybridized carbons (Fsp3) is 0.455. The Morgan fingerprint density at radius 1 is 1.38 bits per heavy atom. The fourth-order valence-electron chi connectivity index (χ4n) is 1.44. The molecule has 0 fully saturated rings. The number of rotatable bonds is 4. The maximum atomic E-state index is 11.8. The van der Waals surface area contributed by atoms with Crippen LogP contribution in [0.2, 0.25) is 0 Å². The highest BCUT2D eigenvalue weighted by Gasteiger charge is 2.15. The maximum absolute atomic E-state index is 11.8. The molecule has 1 aromatic rings. The number of nitrogens with two attached hydrogens (primary N) is 1. The molecule has 0 aliphatic carbocycles. The molecule has 0 aromatic heterocycles. The summed E-state index contributed by atoms with van der Waals surface area (Å²) >= 11 is 0. The van der Waals surface area contributed by atoms with Gasteiger partial charge in [-0.15, -0.1) is 0 Å². The molecule has 0 bridgehead atoms. The van der Waals surface area contributed by atoms with Gasteiger partial charge >= 0.3 is 0 Å². The van der Waals surface area contributed by atoms with Crippen LogP contribution in [-0.2, 0) is 16.4 Å². The van der Waals surface area contributed by atoms with E-state index in [2.05, 4.69) is 4.72 Å². The van der Waals surface area contributed by atoms with Crippen LogP contribution in [0.15, 0.2) is 23.1 Å². The van der Waals surface area contributed by atoms with Crippen LogP contribution in [0, 0.1) is 0 Å². The van der Waals surface area contributed by atoms with E-state index in [0.29, 0.717) is 5.69 Å². The van der Waals surface area contributed by atoms with Crippen LogP contribution >= 0.6 is 0 Å². The largest absolute Gasteiger partial charge is 0.398 e. The lowest BCUT2D eigenvalue weighted by Crippen LogP contribution is -2.30. The van der Waals surface area contributed by atoms with Crippen molar-refractivity contribution in [2.24, 2.45) is 0 Å². The molecular weight excluding hydrogens is 224 g/mol.